The lowest BCUT2D eigenvalue weighted by Crippen LogP contribution is -2.32. The predicted octanol–water partition coefficient (Wildman–Crippen LogP) is 2.75. The minimum absolute atomic E-state index is 0.0644. The van der Waals surface area contributed by atoms with Gasteiger partial charge in [-0.15, -0.1) is 0 Å². The molecular formula is C15H23F2N3O2. The molecule has 0 saturated heterocycles. The molecule has 0 aliphatic heterocycles. The molecule has 0 atom stereocenters. The minimum atomic E-state index is -2.89. The third kappa shape index (κ3) is 6.60. The van der Waals surface area contributed by atoms with E-state index < -0.39 is 6.61 Å². The normalized spacial score (nSPS) is 11.9. The van der Waals surface area contributed by atoms with Crippen molar-refractivity contribution in [3.8, 4) is 11.5 Å². The molecule has 0 unspecified atom stereocenters. The standard InChI is InChI=1S/C15H23F2N3O2/c1-10(2)6-7-19-15(18)20-9-11-8-12(21-3)4-5-13(11)22-14(16)17/h4-5,8,10,14H,6-7,9H2,1-3H3,(H3,18,19,20). The van der Waals surface area contributed by atoms with E-state index in [1.54, 1.807) is 12.1 Å². The van der Waals surface area contributed by atoms with Crippen LogP contribution in [0.25, 0.3) is 0 Å². The monoisotopic (exact) mass is 315 g/mol. The Balaban J connectivity index is 2.72. The summed E-state index contributed by atoms with van der Waals surface area (Å²) >= 11 is 0. The Labute approximate surface area is 129 Å². The number of methoxy groups -OCH3 is 1. The maximum atomic E-state index is 12.4. The van der Waals surface area contributed by atoms with Crippen molar-refractivity contribution in [2.24, 2.45) is 16.6 Å². The van der Waals surface area contributed by atoms with Gasteiger partial charge in [-0.05, 0) is 30.5 Å². The summed E-state index contributed by atoms with van der Waals surface area (Å²) < 4.78 is 34.3. The van der Waals surface area contributed by atoms with Gasteiger partial charge in [-0.2, -0.15) is 8.78 Å². The first-order chi connectivity index (χ1) is 10.4. The zero-order valence-corrected chi connectivity index (χ0v) is 13.1. The molecule has 0 aliphatic carbocycles. The van der Waals surface area contributed by atoms with Crippen LogP contribution in [0.2, 0.25) is 0 Å². The van der Waals surface area contributed by atoms with Gasteiger partial charge in [0, 0.05) is 12.1 Å². The van der Waals surface area contributed by atoms with Crippen LogP contribution in [-0.4, -0.2) is 26.2 Å². The molecule has 0 radical (unpaired) electrons. The van der Waals surface area contributed by atoms with Crippen molar-refractivity contribution in [3.63, 3.8) is 0 Å². The zero-order valence-electron chi connectivity index (χ0n) is 13.1. The number of halogens is 2. The number of nitrogens with zero attached hydrogens (tertiary/aromatic N) is 1. The van der Waals surface area contributed by atoms with Crippen LogP contribution in [0.3, 0.4) is 0 Å². The van der Waals surface area contributed by atoms with Gasteiger partial charge in [0.2, 0.25) is 0 Å². The SMILES string of the molecule is COc1ccc(OC(F)F)c(CN=C(N)NCCC(C)C)c1. The van der Waals surface area contributed by atoms with Gasteiger partial charge in [-0.25, -0.2) is 4.99 Å². The maximum absolute atomic E-state index is 12.4. The number of hydrogen-bond donors (Lipinski definition) is 2. The molecule has 22 heavy (non-hydrogen) atoms. The van der Waals surface area contributed by atoms with E-state index in [2.05, 4.69) is 28.9 Å². The van der Waals surface area contributed by atoms with Gasteiger partial charge < -0.3 is 20.5 Å². The van der Waals surface area contributed by atoms with Crippen LogP contribution < -0.4 is 20.5 Å². The summed E-state index contributed by atoms with van der Waals surface area (Å²) in [5.41, 5.74) is 6.23. The number of rotatable bonds is 8. The molecule has 0 saturated carbocycles. The smallest absolute Gasteiger partial charge is 0.387 e. The van der Waals surface area contributed by atoms with E-state index in [0.29, 0.717) is 23.8 Å². The molecule has 3 N–H and O–H groups in total. The molecule has 1 aromatic rings. The van der Waals surface area contributed by atoms with Crippen molar-refractivity contribution in [2.75, 3.05) is 13.7 Å². The highest BCUT2D eigenvalue weighted by atomic mass is 19.3. The summed E-state index contributed by atoms with van der Waals surface area (Å²) in [6.07, 6.45) is 0.967. The van der Waals surface area contributed by atoms with E-state index in [1.165, 1.54) is 13.2 Å². The van der Waals surface area contributed by atoms with Crippen molar-refractivity contribution in [1.82, 2.24) is 5.32 Å². The minimum Gasteiger partial charge on any atom is -0.497 e. The number of alkyl halides is 2. The van der Waals surface area contributed by atoms with Gasteiger partial charge in [0.1, 0.15) is 11.5 Å². The quantitative estimate of drug-likeness (QED) is 0.572. The molecule has 0 aromatic heterocycles. The summed E-state index contributed by atoms with van der Waals surface area (Å²) in [5.74, 6) is 1.43. The van der Waals surface area contributed by atoms with E-state index in [4.69, 9.17) is 10.5 Å². The lowest BCUT2D eigenvalue weighted by atomic mass is 10.1. The second kappa shape index (κ2) is 9.07. The van der Waals surface area contributed by atoms with Gasteiger partial charge in [-0.3, -0.25) is 0 Å². The maximum Gasteiger partial charge on any atom is 0.387 e. The highest BCUT2D eigenvalue weighted by Gasteiger charge is 2.10. The molecule has 124 valence electrons. The van der Waals surface area contributed by atoms with E-state index >= 15 is 0 Å². The number of hydrogen-bond acceptors (Lipinski definition) is 3. The summed E-state index contributed by atoms with van der Waals surface area (Å²) in [6, 6.07) is 4.58. The molecule has 0 spiro atoms. The lowest BCUT2D eigenvalue weighted by Gasteiger charge is -2.12. The first-order valence-corrected chi connectivity index (χ1v) is 7.08. The van der Waals surface area contributed by atoms with E-state index in [9.17, 15) is 8.78 Å². The first kappa shape index (κ1) is 18.0. The van der Waals surface area contributed by atoms with Gasteiger partial charge >= 0.3 is 6.61 Å². The van der Waals surface area contributed by atoms with Gasteiger partial charge in [0.25, 0.3) is 0 Å². The van der Waals surface area contributed by atoms with Crippen molar-refractivity contribution < 1.29 is 18.3 Å². The van der Waals surface area contributed by atoms with Gasteiger partial charge in [0.15, 0.2) is 5.96 Å². The average molecular weight is 315 g/mol. The van der Waals surface area contributed by atoms with Crippen molar-refractivity contribution in [2.45, 2.75) is 33.4 Å². The zero-order chi connectivity index (χ0) is 16.5. The largest absolute Gasteiger partial charge is 0.497 e. The topological polar surface area (TPSA) is 68.9 Å². The van der Waals surface area contributed by atoms with Gasteiger partial charge in [-0.1, -0.05) is 13.8 Å². The number of nitrogens with two attached hydrogens (primary N) is 1. The summed E-state index contributed by atoms with van der Waals surface area (Å²) in [5, 5.41) is 2.98. The van der Waals surface area contributed by atoms with Gasteiger partial charge in [0.05, 0.1) is 13.7 Å². The molecule has 0 amide bonds. The molecular weight excluding hydrogens is 292 g/mol. The van der Waals surface area contributed by atoms with Crippen LogP contribution in [0.15, 0.2) is 23.2 Å². The van der Waals surface area contributed by atoms with Crippen molar-refractivity contribution in [1.29, 1.82) is 0 Å². The molecule has 0 heterocycles. The van der Waals surface area contributed by atoms with Crippen LogP contribution in [-0.2, 0) is 6.54 Å². The molecule has 0 bridgehead atoms. The Morgan fingerprint density at radius 1 is 1.36 bits per heavy atom. The number of benzene rings is 1. The Bertz CT molecular complexity index is 494. The predicted molar refractivity (Wildman–Crippen MR) is 82.4 cm³/mol. The highest BCUT2D eigenvalue weighted by Crippen LogP contribution is 2.26. The van der Waals surface area contributed by atoms with E-state index in [0.717, 1.165) is 6.42 Å². The van der Waals surface area contributed by atoms with Crippen LogP contribution in [0.5, 0.6) is 11.5 Å². The Morgan fingerprint density at radius 2 is 2.09 bits per heavy atom. The van der Waals surface area contributed by atoms with Crippen LogP contribution >= 0.6 is 0 Å². The fourth-order valence-corrected chi connectivity index (χ4v) is 1.73. The van der Waals surface area contributed by atoms with Crippen LogP contribution in [0.4, 0.5) is 8.78 Å². The fraction of sp³-hybridized carbons (Fsp3) is 0.533. The summed E-state index contributed by atoms with van der Waals surface area (Å²) in [4.78, 5) is 4.14. The number of guanidine groups is 1. The summed E-state index contributed by atoms with van der Waals surface area (Å²) in [6.45, 7) is 2.17. The molecule has 1 aromatic carbocycles. The average Bonchev–Trinajstić information content (AvgIpc) is 2.45. The molecule has 0 aliphatic rings. The lowest BCUT2D eigenvalue weighted by molar-refractivity contribution is -0.0504. The molecule has 5 nitrogen and oxygen atoms in total. The third-order valence-electron chi connectivity index (χ3n) is 2.93. The van der Waals surface area contributed by atoms with Crippen molar-refractivity contribution >= 4 is 5.96 Å². The molecule has 7 heteroatoms. The Kier molecular flexibility index (Phi) is 7.42. The van der Waals surface area contributed by atoms with Crippen molar-refractivity contribution in [3.05, 3.63) is 23.8 Å². The number of ether oxygens (including phenoxy) is 2. The van der Waals surface area contributed by atoms with E-state index in [-0.39, 0.29) is 18.3 Å². The molecule has 0 fully saturated rings. The fourth-order valence-electron chi connectivity index (χ4n) is 1.73. The second-order valence-electron chi connectivity index (χ2n) is 5.16. The Hall–Kier alpha value is -2.05. The summed E-state index contributed by atoms with van der Waals surface area (Å²) in [7, 11) is 1.50. The van der Waals surface area contributed by atoms with Crippen LogP contribution in [0.1, 0.15) is 25.8 Å². The van der Waals surface area contributed by atoms with Crippen LogP contribution in [0, 0.1) is 5.92 Å². The Morgan fingerprint density at radius 3 is 2.68 bits per heavy atom. The molecule has 1 rings (SSSR count). The van der Waals surface area contributed by atoms with E-state index in [1.807, 2.05) is 0 Å². The third-order valence-corrected chi connectivity index (χ3v) is 2.93. The highest BCUT2D eigenvalue weighted by molar-refractivity contribution is 5.77. The second-order valence-corrected chi connectivity index (χ2v) is 5.16. The number of aliphatic imine (C=N–C) groups is 1. The first-order valence-electron chi connectivity index (χ1n) is 7.08. The number of nitrogens with one attached hydrogen (secondary N) is 1.